The van der Waals surface area contributed by atoms with E-state index in [1.54, 1.807) is 0 Å². The predicted molar refractivity (Wildman–Crippen MR) is 87.4 cm³/mol. The maximum absolute atomic E-state index is 5.95. The molecule has 0 spiro atoms. The molecule has 0 fully saturated rings. The topological polar surface area (TPSA) is 12.0 Å². The normalized spacial score (nSPS) is 10.4. The van der Waals surface area contributed by atoms with Gasteiger partial charge in [0.15, 0.2) is 0 Å². The van der Waals surface area contributed by atoms with Crippen LogP contribution in [0.15, 0.2) is 36.4 Å². The van der Waals surface area contributed by atoms with E-state index < -0.39 is 0 Å². The van der Waals surface area contributed by atoms with Crippen LogP contribution in [0.25, 0.3) is 0 Å². The van der Waals surface area contributed by atoms with Crippen molar-refractivity contribution in [2.45, 2.75) is 20.4 Å². The summed E-state index contributed by atoms with van der Waals surface area (Å²) in [5.41, 5.74) is 5.07. The largest absolute Gasteiger partial charge is 0.380 e. The summed E-state index contributed by atoms with van der Waals surface area (Å²) in [5.74, 6) is 0. The molecule has 0 aliphatic heterocycles. The summed E-state index contributed by atoms with van der Waals surface area (Å²) in [5, 5.41) is 4.23. The van der Waals surface area contributed by atoms with E-state index in [0.29, 0.717) is 0 Å². The van der Waals surface area contributed by atoms with Crippen molar-refractivity contribution in [2.75, 3.05) is 5.32 Å². The van der Waals surface area contributed by atoms with Gasteiger partial charge in [-0.25, -0.2) is 0 Å². The summed E-state index contributed by atoms with van der Waals surface area (Å²) in [6.07, 6.45) is 0. The van der Waals surface area contributed by atoms with Gasteiger partial charge in [0.05, 0.1) is 0 Å². The Morgan fingerprint density at radius 1 is 1.11 bits per heavy atom. The van der Waals surface area contributed by atoms with Crippen molar-refractivity contribution in [3.8, 4) is 0 Å². The molecule has 0 aliphatic carbocycles. The molecule has 1 nitrogen and oxygen atoms in total. The Morgan fingerprint density at radius 2 is 1.89 bits per heavy atom. The number of aryl methyl sites for hydroxylation is 2. The van der Waals surface area contributed by atoms with Gasteiger partial charge in [0.25, 0.3) is 0 Å². The van der Waals surface area contributed by atoms with Crippen molar-refractivity contribution in [3.63, 3.8) is 0 Å². The van der Waals surface area contributed by atoms with Crippen molar-refractivity contribution in [2.24, 2.45) is 0 Å². The predicted octanol–water partition coefficient (Wildman–Crippen LogP) is 5.17. The summed E-state index contributed by atoms with van der Waals surface area (Å²) in [6.45, 7) is 5.10. The highest BCUT2D eigenvalue weighted by Crippen LogP contribution is 2.23. The lowest BCUT2D eigenvalue weighted by Crippen LogP contribution is -2.03. The van der Waals surface area contributed by atoms with Gasteiger partial charge in [0, 0.05) is 20.8 Å². The molecule has 94 valence electrons. The van der Waals surface area contributed by atoms with Gasteiger partial charge in [0.1, 0.15) is 0 Å². The fraction of sp³-hybridized carbons (Fsp3) is 0.200. The van der Waals surface area contributed by atoms with E-state index in [0.717, 1.165) is 20.8 Å². The van der Waals surface area contributed by atoms with E-state index in [-0.39, 0.29) is 0 Å². The van der Waals surface area contributed by atoms with Crippen LogP contribution in [0, 0.1) is 17.4 Å². The first-order valence-electron chi connectivity index (χ1n) is 5.81. The van der Waals surface area contributed by atoms with Crippen LogP contribution in [0.3, 0.4) is 0 Å². The molecule has 2 aromatic carbocycles. The quantitative estimate of drug-likeness (QED) is 0.734. The molecule has 3 heteroatoms. The maximum atomic E-state index is 5.95. The van der Waals surface area contributed by atoms with Gasteiger partial charge in [-0.05, 0) is 65.8 Å². The molecule has 0 saturated heterocycles. The van der Waals surface area contributed by atoms with Crippen LogP contribution < -0.4 is 5.32 Å². The van der Waals surface area contributed by atoms with E-state index >= 15 is 0 Å². The van der Waals surface area contributed by atoms with Gasteiger partial charge >= 0.3 is 0 Å². The molecule has 0 amide bonds. The first kappa shape index (κ1) is 13.7. The van der Waals surface area contributed by atoms with E-state index in [2.05, 4.69) is 60.0 Å². The molecule has 1 N–H and O–H groups in total. The van der Waals surface area contributed by atoms with Gasteiger partial charge in [-0.15, -0.1) is 0 Å². The minimum Gasteiger partial charge on any atom is -0.380 e. The molecule has 0 aliphatic rings. The molecule has 2 aromatic rings. The SMILES string of the molecule is Cc1ccc(C)c(CNc2ccc(Cl)cc2I)c1. The van der Waals surface area contributed by atoms with Gasteiger partial charge in [-0.2, -0.15) is 0 Å². The maximum Gasteiger partial charge on any atom is 0.0479 e. The number of nitrogens with one attached hydrogen (secondary N) is 1. The average molecular weight is 372 g/mol. The van der Waals surface area contributed by atoms with Crippen LogP contribution in [0.2, 0.25) is 5.02 Å². The second kappa shape index (κ2) is 5.93. The molecule has 0 bridgehead atoms. The zero-order valence-corrected chi connectivity index (χ0v) is 13.3. The Hall–Kier alpha value is -0.740. The molecule has 0 heterocycles. The highest BCUT2D eigenvalue weighted by molar-refractivity contribution is 14.1. The highest BCUT2D eigenvalue weighted by atomic mass is 127. The zero-order valence-electron chi connectivity index (χ0n) is 10.4. The van der Waals surface area contributed by atoms with E-state index in [1.807, 2.05) is 18.2 Å². The van der Waals surface area contributed by atoms with Crippen molar-refractivity contribution in [1.29, 1.82) is 0 Å². The minimum absolute atomic E-state index is 0.775. The molecule has 0 radical (unpaired) electrons. The third-order valence-corrected chi connectivity index (χ3v) is 4.03. The Balaban J connectivity index is 2.13. The molecule has 2 rings (SSSR count). The summed E-state index contributed by atoms with van der Waals surface area (Å²) < 4.78 is 1.14. The number of halogens is 2. The molecule has 0 atom stereocenters. The minimum atomic E-state index is 0.775. The van der Waals surface area contributed by atoms with Crippen molar-refractivity contribution < 1.29 is 0 Å². The lowest BCUT2D eigenvalue weighted by Gasteiger charge is -2.11. The third kappa shape index (κ3) is 3.39. The van der Waals surface area contributed by atoms with Crippen molar-refractivity contribution in [3.05, 3.63) is 61.7 Å². The van der Waals surface area contributed by atoms with Crippen molar-refractivity contribution >= 4 is 39.9 Å². The Labute approximate surface area is 127 Å². The fourth-order valence-corrected chi connectivity index (χ4v) is 2.88. The second-order valence-corrected chi connectivity index (χ2v) is 6.01. The van der Waals surface area contributed by atoms with Gasteiger partial charge in [-0.3, -0.25) is 0 Å². The monoisotopic (exact) mass is 371 g/mol. The standard InChI is InChI=1S/C15H15ClIN/c1-10-3-4-11(2)12(7-10)9-18-15-6-5-13(16)8-14(15)17/h3-8,18H,9H2,1-2H3. The Morgan fingerprint density at radius 3 is 2.61 bits per heavy atom. The van der Waals surface area contributed by atoms with Crippen LogP contribution in [0.5, 0.6) is 0 Å². The molecule has 0 unspecified atom stereocenters. The Bertz CT molecular complexity index is 566. The lowest BCUT2D eigenvalue weighted by atomic mass is 10.1. The lowest BCUT2D eigenvalue weighted by molar-refractivity contribution is 1.11. The summed E-state index contributed by atoms with van der Waals surface area (Å²) in [6, 6.07) is 12.4. The average Bonchev–Trinajstić information content (AvgIpc) is 2.32. The number of hydrogen-bond donors (Lipinski definition) is 1. The number of benzene rings is 2. The number of hydrogen-bond acceptors (Lipinski definition) is 1. The summed E-state index contributed by atoms with van der Waals surface area (Å²) >= 11 is 8.24. The zero-order chi connectivity index (χ0) is 13.1. The number of anilines is 1. The van der Waals surface area contributed by atoms with Crippen molar-refractivity contribution in [1.82, 2.24) is 0 Å². The second-order valence-electron chi connectivity index (χ2n) is 4.41. The number of rotatable bonds is 3. The van der Waals surface area contributed by atoms with Gasteiger partial charge in [-0.1, -0.05) is 35.4 Å². The van der Waals surface area contributed by atoms with Gasteiger partial charge in [0.2, 0.25) is 0 Å². The van der Waals surface area contributed by atoms with Gasteiger partial charge < -0.3 is 5.32 Å². The van der Waals surface area contributed by atoms with Crippen LogP contribution in [-0.4, -0.2) is 0 Å². The van der Waals surface area contributed by atoms with Crippen LogP contribution in [-0.2, 0) is 6.54 Å². The first-order chi connectivity index (χ1) is 8.56. The molecule has 0 aromatic heterocycles. The molecular formula is C15H15ClIN. The van der Waals surface area contributed by atoms with Crippen LogP contribution in [0.1, 0.15) is 16.7 Å². The van der Waals surface area contributed by atoms with E-state index in [4.69, 9.17) is 11.6 Å². The molecule has 18 heavy (non-hydrogen) atoms. The van der Waals surface area contributed by atoms with E-state index in [9.17, 15) is 0 Å². The first-order valence-corrected chi connectivity index (χ1v) is 7.27. The third-order valence-electron chi connectivity index (χ3n) is 2.91. The highest BCUT2D eigenvalue weighted by Gasteiger charge is 2.02. The smallest absolute Gasteiger partial charge is 0.0479 e. The fourth-order valence-electron chi connectivity index (χ4n) is 1.81. The van der Waals surface area contributed by atoms with Crippen LogP contribution >= 0.6 is 34.2 Å². The summed E-state index contributed by atoms with van der Waals surface area (Å²) in [4.78, 5) is 0. The van der Waals surface area contributed by atoms with E-state index in [1.165, 1.54) is 16.7 Å². The molecular weight excluding hydrogens is 357 g/mol. The summed E-state index contributed by atoms with van der Waals surface area (Å²) in [7, 11) is 0. The van der Waals surface area contributed by atoms with Crippen LogP contribution in [0.4, 0.5) is 5.69 Å². The Kier molecular flexibility index (Phi) is 4.51. The molecule has 0 saturated carbocycles.